The molecule has 5 atom stereocenters. The number of carboxylic acid groups (broad SMARTS) is 1. The summed E-state index contributed by atoms with van der Waals surface area (Å²) >= 11 is 0. The van der Waals surface area contributed by atoms with Crippen LogP contribution >= 0.6 is 0 Å². The Labute approximate surface area is 361 Å². The minimum absolute atomic E-state index is 0.00585. The molecule has 2 rings (SSSR count). The predicted molar refractivity (Wildman–Crippen MR) is 241 cm³/mol. The Hall–Kier alpha value is -1.23. The van der Waals surface area contributed by atoms with E-state index >= 15 is 0 Å². The van der Waals surface area contributed by atoms with E-state index in [-0.39, 0.29) is 51.9 Å². The maximum atomic E-state index is 13.2. The number of aliphatic hydroxyl groups excluding tert-OH is 1. The molecule has 0 saturated carbocycles. The first kappa shape index (κ1) is 59.9. The number of aliphatic hydroxyl groups is 1. The number of hydrogen-bond donors (Lipinski definition) is 3. The van der Waals surface area contributed by atoms with Crippen LogP contribution in [0.1, 0.15) is 117 Å². The van der Waals surface area contributed by atoms with Crippen LogP contribution in [0, 0.1) is 5.92 Å². The molecule has 0 radical (unpaired) electrons. The monoisotopic (exact) mass is 898 g/mol. The van der Waals surface area contributed by atoms with Gasteiger partial charge in [-0.2, -0.15) is 0 Å². The molecule has 59 heavy (non-hydrogen) atoms. The first-order valence-electron chi connectivity index (χ1n) is 20.9. The summed E-state index contributed by atoms with van der Waals surface area (Å²) < 4.78 is 39.9. The average Bonchev–Trinajstić information content (AvgIpc) is 3.63. The normalized spacial score (nSPS) is 21.1. The molecule has 0 spiro atoms. The van der Waals surface area contributed by atoms with Crippen molar-refractivity contribution in [1.82, 2.24) is 0 Å². The number of ether oxygens (including phenoxy) is 4. The van der Waals surface area contributed by atoms with E-state index in [0.717, 1.165) is 6.29 Å². The molecule has 2 aliphatic rings. The number of aldehydes is 1. The Morgan fingerprint density at radius 2 is 1.17 bits per heavy atom. The summed E-state index contributed by atoms with van der Waals surface area (Å²) in [4.78, 5) is 44.4. The van der Waals surface area contributed by atoms with Gasteiger partial charge >= 0.3 is 5.97 Å². The molecule has 0 unspecified atom stereocenters. The van der Waals surface area contributed by atoms with Crippen molar-refractivity contribution in [3.05, 3.63) is 0 Å². The standard InChI is InChI=1S/C21H44O6Si2.C10H22O2Si.C6H10O3.C5H11NO2/c1-19(2,3)28(9,10)25-13-15(22)18(27-29(11,12)20(4,5)6)17(23)16-14-24-21(7,8)26-16;1-7-9(11)8-12-13(5,6)10(2,3)4;1-6(2)8-4-5(3-7)9-6;1-3(2)4(6)5(7)8/h16-18,23H,13-14H2,1-12H3;7-8H2,1-6H3;3,5H,4H2,1-2H3;3-4H,6H2,1-2H3,(H,7,8)/t16-,17-,18-;;5-;4-/m0.10/s1. The largest absolute Gasteiger partial charge is 0.480 e. The van der Waals surface area contributed by atoms with Gasteiger partial charge in [-0.1, -0.05) is 83.1 Å². The van der Waals surface area contributed by atoms with E-state index in [1.165, 1.54) is 0 Å². The van der Waals surface area contributed by atoms with Crippen LogP contribution in [0.15, 0.2) is 0 Å². The van der Waals surface area contributed by atoms with Crippen LogP contribution in [-0.2, 0) is 51.4 Å². The number of rotatable bonds is 15. The van der Waals surface area contributed by atoms with Crippen molar-refractivity contribution in [2.75, 3.05) is 26.4 Å². The van der Waals surface area contributed by atoms with E-state index < -0.39 is 66.8 Å². The van der Waals surface area contributed by atoms with E-state index in [2.05, 4.69) is 102 Å². The summed E-state index contributed by atoms with van der Waals surface area (Å²) in [5.41, 5.74) is 5.16. The van der Waals surface area contributed by atoms with Crippen molar-refractivity contribution in [1.29, 1.82) is 0 Å². The second-order valence-corrected chi connectivity index (χ2v) is 35.6. The molecule has 0 aromatic carbocycles. The summed E-state index contributed by atoms with van der Waals surface area (Å²) in [6, 6.07) is -0.713. The average molecular weight is 898 g/mol. The molecule has 0 bridgehead atoms. The Kier molecular flexibility index (Phi) is 23.8. The maximum Gasteiger partial charge on any atom is 0.320 e. The van der Waals surface area contributed by atoms with Crippen molar-refractivity contribution in [3.8, 4) is 0 Å². The summed E-state index contributed by atoms with van der Waals surface area (Å²) in [5.74, 6) is -2.29. The van der Waals surface area contributed by atoms with Crippen LogP contribution in [0.25, 0.3) is 0 Å². The first-order valence-corrected chi connectivity index (χ1v) is 29.6. The fourth-order valence-electron chi connectivity index (χ4n) is 4.10. The van der Waals surface area contributed by atoms with Crippen LogP contribution in [-0.4, -0.2) is 127 Å². The van der Waals surface area contributed by atoms with Gasteiger partial charge in [-0.15, -0.1) is 0 Å². The highest BCUT2D eigenvalue weighted by Gasteiger charge is 2.48. The van der Waals surface area contributed by atoms with Crippen molar-refractivity contribution in [2.45, 2.75) is 214 Å². The van der Waals surface area contributed by atoms with Crippen LogP contribution in [0.3, 0.4) is 0 Å². The topological polar surface area (TPSA) is 199 Å². The lowest BCUT2D eigenvalue weighted by atomic mass is 10.1. The Morgan fingerprint density at radius 3 is 1.44 bits per heavy atom. The van der Waals surface area contributed by atoms with Gasteiger partial charge in [0.2, 0.25) is 0 Å². The van der Waals surface area contributed by atoms with Gasteiger partial charge in [-0.05, 0) is 88.0 Å². The highest BCUT2D eigenvalue weighted by Crippen LogP contribution is 2.40. The summed E-state index contributed by atoms with van der Waals surface area (Å²) in [6.45, 7) is 45.4. The highest BCUT2D eigenvalue weighted by molar-refractivity contribution is 6.75. The number of carbonyl (C=O) groups is 4. The van der Waals surface area contributed by atoms with Crippen LogP contribution < -0.4 is 5.73 Å². The van der Waals surface area contributed by atoms with Gasteiger partial charge in [0, 0.05) is 6.42 Å². The SMILES string of the molecule is CC(C)[C@H](N)C(=O)O.CC1(C)OC[C@@H](C=O)O1.CC1(C)OC[C@@H]([C@H](O)[C@@H](O[Si](C)(C)C(C)(C)C)C(=O)CO[Si](C)(C)C(C)(C)C)O1.CCC(=O)CO[Si](C)(C)C(C)(C)C. The zero-order valence-electron chi connectivity index (χ0n) is 41.0. The molecule has 0 aromatic rings. The zero-order chi connectivity index (χ0) is 47.4. The lowest BCUT2D eigenvalue weighted by Gasteiger charge is -2.41. The number of carbonyl (C=O) groups excluding carboxylic acids is 3. The number of ketones is 2. The molecule has 2 saturated heterocycles. The van der Waals surface area contributed by atoms with Crippen LogP contribution in [0.4, 0.5) is 0 Å². The predicted octanol–water partition coefficient (Wildman–Crippen LogP) is 7.86. The number of Topliss-reactive ketones (excluding diaryl/α,β-unsaturated/α-hetero) is 2. The third-order valence-corrected chi connectivity index (χ3v) is 25.0. The molecule has 0 aliphatic carbocycles. The van der Waals surface area contributed by atoms with Crippen molar-refractivity contribution in [3.63, 3.8) is 0 Å². The molecule has 2 fully saturated rings. The molecular formula is C42H87NO13Si3. The molecular weight excluding hydrogens is 811 g/mol. The van der Waals surface area contributed by atoms with E-state index in [9.17, 15) is 24.3 Å². The molecule has 0 aromatic heterocycles. The number of carboxylic acids is 1. The van der Waals surface area contributed by atoms with Gasteiger partial charge < -0.3 is 53.0 Å². The molecule has 2 aliphatic heterocycles. The number of aliphatic carboxylic acids is 1. The first-order chi connectivity index (χ1) is 26.1. The quantitative estimate of drug-likeness (QED) is 0.106. The van der Waals surface area contributed by atoms with Gasteiger partial charge in [-0.3, -0.25) is 14.4 Å². The fourth-order valence-corrected chi connectivity index (χ4v) is 7.25. The smallest absolute Gasteiger partial charge is 0.320 e. The van der Waals surface area contributed by atoms with Gasteiger partial charge in [-0.25, -0.2) is 0 Å². The lowest BCUT2D eigenvalue weighted by Crippen LogP contribution is -2.55. The molecule has 14 nitrogen and oxygen atoms in total. The number of hydrogen-bond acceptors (Lipinski definition) is 13. The second kappa shape index (κ2) is 23.5. The second-order valence-electron chi connectivity index (χ2n) is 21.2. The summed E-state index contributed by atoms with van der Waals surface area (Å²) in [6.07, 6.45) is -1.75. The Balaban J connectivity index is 0. The minimum Gasteiger partial charge on any atom is -0.480 e. The molecule has 17 heteroatoms. The third kappa shape index (κ3) is 21.6. The van der Waals surface area contributed by atoms with E-state index in [0.29, 0.717) is 19.6 Å². The van der Waals surface area contributed by atoms with Gasteiger partial charge in [0.1, 0.15) is 30.5 Å². The molecule has 4 N–H and O–H groups in total. The van der Waals surface area contributed by atoms with Crippen LogP contribution in [0.2, 0.25) is 54.4 Å². The van der Waals surface area contributed by atoms with Crippen molar-refractivity contribution >= 4 is 48.8 Å². The van der Waals surface area contributed by atoms with E-state index in [1.807, 2.05) is 6.92 Å². The number of nitrogens with two attached hydrogens (primary N) is 1. The zero-order valence-corrected chi connectivity index (χ0v) is 44.0. The van der Waals surface area contributed by atoms with E-state index in [1.54, 1.807) is 41.5 Å². The summed E-state index contributed by atoms with van der Waals surface area (Å²) in [7, 11) is -6.12. The van der Waals surface area contributed by atoms with Crippen molar-refractivity contribution in [2.24, 2.45) is 11.7 Å². The minimum atomic E-state index is -2.31. The van der Waals surface area contributed by atoms with Gasteiger partial charge in [0.15, 0.2) is 54.4 Å². The third-order valence-electron chi connectivity index (χ3n) is 11.6. The van der Waals surface area contributed by atoms with Crippen molar-refractivity contribution < 1.29 is 61.6 Å². The lowest BCUT2D eigenvalue weighted by molar-refractivity contribution is -0.164. The molecule has 350 valence electrons. The summed E-state index contributed by atoms with van der Waals surface area (Å²) in [5, 5.41) is 19.4. The highest BCUT2D eigenvalue weighted by atomic mass is 28.4. The Morgan fingerprint density at radius 1 is 0.763 bits per heavy atom. The van der Waals surface area contributed by atoms with Gasteiger partial charge in [0.25, 0.3) is 0 Å². The molecule has 2 heterocycles. The van der Waals surface area contributed by atoms with Gasteiger partial charge in [0.05, 0.1) is 26.4 Å². The van der Waals surface area contributed by atoms with Crippen LogP contribution in [0.5, 0.6) is 0 Å². The maximum absolute atomic E-state index is 13.2. The van der Waals surface area contributed by atoms with E-state index in [4.69, 9.17) is 43.1 Å². The fraction of sp³-hybridized carbons (Fsp3) is 0.905. The Bertz CT molecular complexity index is 1320. The molecule has 0 amide bonds.